The quantitative estimate of drug-likeness (QED) is 0.717. The summed E-state index contributed by atoms with van der Waals surface area (Å²) in [4.78, 5) is 2.35. The molecule has 1 fully saturated rings. The van der Waals surface area contributed by atoms with E-state index >= 15 is 0 Å². The maximum atomic E-state index is 13.1. The van der Waals surface area contributed by atoms with Gasteiger partial charge in [-0.05, 0) is 30.3 Å². The molecule has 8 heteroatoms. The van der Waals surface area contributed by atoms with E-state index in [-0.39, 0.29) is 4.90 Å². The van der Waals surface area contributed by atoms with Crippen LogP contribution in [0.5, 0.6) is 0 Å². The van der Waals surface area contributed by atoms with Gasteiger partial charge in [-0.25, -0.2) is 12.4 Å². The Labute approximate surface area is 162 Å². The summed E-state index contributed by atoms with van der Waals surface area (Å²) < 4.78 is 27.5. The Morgan fingerprint density at radius 3 is 2.46 bits per heavy atom. The van der Waals surface area contributed by atoms with Crippen molar-refractivity contribution in [1.29, 1.82) is 0 Å². The lowest BCUT2D eigenvalue weighted by Gasteiger charge is -2.30. The molecule has 1 N–H and O–H groups in total. The summed E-state index contributed by atoms with van der Waals surface area (Å²) in [7, 11) is -3.80. The predicted molar refractivity (Wildman–Crippen MR) is 106 cm³/mol. The summed E-state index contributed by atoms with van der Waals surface area (Å²) in [6, 6.07) is 11.8. The van der Waals surface area contributed by atoms with Gasteiger partial charge in [0.15, 0.2) is 0 Å². The Morgan fingerprint density at radius 2 is 1.73 bits per heavy atom. The van der Waals surface area contributed by atoms with Gasteiger partial charge in [0, 0.05) is 48.5 Å². The van der Waals surface area contributed by atoms with Crippen LogP contribution < -0.4 is 10.2 Å². The first-order chi connectivity index (χ1) is 12.5. The fraction of sp³-hybridized carbons (Fsp3) is 0.222. The van der Waals surface area contributed by atoms with E-state index in [1.807, 2.05) is 12.1 Å². The van der Waals surface area contributed by atoms with Gasteiger partial charge in [-0.15, -0.1) is 0 Å². The molecule has 2 aromatic carbocycles. The maximum Gasteiger partial charge on any atom is 0.268 e. The van der Waals surface area contributed by atoms with Gasteiger partial charge in [0.25, 0.3) is 10.0 Å². The van der Waals surface area contributed by atoms with E-state index in [4.69, 9.17) is 23.2 Å². The molecule has 2 heterocycles. The molecule has 0 spiro atoms. The van der Waals surface area contributed by atoms with Crippen molar-refractivity contribution in [2.75, 3.05) is 31.1 Å². The van der Waals surface area contributed by atoms with Crippen molar-refractivity contribution >= 4 is 49.8 Å². The van der Waals surface area contributed by atoms with Crippen LogP contribution in [0, 0.1) is 0 Å². The van der Waals surface area contributed by atoms with Crippen LogP contribution in [-0.4, -0.2) is 38.6 Å². The first-order valence-electron chi connectivity index (χ1n) is 8.25. The highest BCUT2D eigenvalue weighted by Gasteiger charge is 2.24. The van der Waals surface area contributed by atoms with Crippen molar-refractivity contribution < 1.29 is 8.42 Å². The van der Waals surface area contributed by atoms with Crippen LogP contribution in [0.15, 0.2) is 53.6 Å². The molecule has 0 amide bonds. The molecule has 0 saturated carbocycles. The molecule has 0 atom stereocenters. The number of hydrogen-bond acceptors (Lipinski definition) is 4. The number of benzene rings is 2. The summed E-state index contributed by atoms with van der Waals surface area (Å²) in [6.45, 7) is 3.47. The molecule has 0 aliphatic carbocycles. The van der Waals surface area contributed by atoms with Crippen molar-refractivity contribution in [3.63, 3.8) is 0 Å². The van der Waals surface area contributed by atoms with Crippen molar-refractivity contribution in [2.45, 2.75) is 4.90 Å². The van der Waals surface area contributed by atoms with E-state index in [1.165, 1.54) is 22.3 Å². The molecule has 136 valence electrons. The molecular formula is C18H17Cl2N3O2S. The molecule has 5 nitrogen and oxygen atoms in total. The zero-order valence-corrected chi connectivity index (χ0v) is 16.2. The van der Waals surface area contributed by atoms with Gasteiger partial charge < -0.3 is 10.2 Å². The molecule has 26 heavy (non-hydrogen) atoms. The zero-order chi connectivity index (χ0) is 18.3. The van der Waals surface area contributed by atoms with E-state index in [2.05, 4.69) is 10.2 Å². The highest BCUT2D eigenvalue weighted by molar-refractivity contribution is 7.90. The minimum Gasteiger partial charge on any atom is -0.368 e. The summed E-state index contributed by atoms with van der Waals surface area (Å²) >= 11 is 12.4. The lowest BCUT2D eigenvalue weighted by Crippen LogP contribution is -2.43. The van der Waals surface area contributed by atoms with E-state index in [0.29, 0.717) is 15.6 Å². The SMILES string of the molecule is O=S(=O)(c1cccc(Cl)c1)n1cc(Cl)c2c(N3CCNCC3)cccc21. The number of nitrogens with zero attached hydrogens (tertiary/aromatic N) is 2. The number of anilines is 1. The standard InChI is InChI=1S/C18H17Cl2N3O2S/c19-13-3-1-4-14(11-13)26(24,25)23-12-15(20)18-16(5-2-6-17(18)23)22-9-7-21-8-10-22/h1-6,11-12,21H,7-10H2. The Kier molecular flexibility index (Phi) is 4.61. The number of halogens is 2. The molecule has 0 unspecified atom stereocenters. The van der Waals surface area contributed by atoms with E-state index in [0.717, 1.165) is 37.3 Å². The van der Waals surface area contributed by atoms with Gasteiger partial charge in [-0.1, -0.05) is 35.3 Å². The fourth-order valence-electron chi connectivity index (χ4n) is 3.30. The van der Waals surface area contributed by atoms with Crippen molar-refractivity contribution in [3.05, 3.63) is 58.7 Å². The maximum absolute atomic E-state index is 13.1. The van der Waals surface area contributed by atoms with Crippen LogP contribution in [-0.2, 0) is 10.0 Å². The number of nitrogens with one attached hydrogen (secondary N) is 1. The topological polar surface area (TPSA) is 54.3 Å². The van der Waals surface area contributed by atoms with Gasteiger partial charge in [0.05, 0.1) is 15.4 Å². The largest absolute Gasteiger partial charge is 0.368 e. The van der Waals surface area contributed by atoms with Crippen molar-refractivity contribution in [1.82, 2.24) is 9.29 Å². The second-order valence-electron chi connectivity index (χ2n) is 6.14. The summed E-state index contributed by atoms with van der Waals surface area (Å²) in [6.07, 6.45) is 1.47. The number of hydrogen-bond donors (Lipinski definition) is 1. The third-order valence-electron chi connectivity index (χ3n) is 4.54. The third kappa shape index (κ3) is 2.97. The number of aromatic nitrogens is 1. The molecule has 0 bridgehead atoms. The molecule has 3 aromatic rings. The summed E-state index contributed by atoms with van der Waals surface area (Å²) in [5.74, 6) is 0. The molecular weight excluding hydrogens is 393 g/mol. The first kappa shape index (κ1) is 17.7. The third-order valence-corrected chi connectivity index (χ3v) is 6.73. The Hall–Kier alpha value is -1.73. The normalized spacial score (nSPS) is 15.5. The predicted octanol–water partition coefficient (Wildman–Crippen LogP) is 3.59. The lowest BCUT2D eigenvalue weighted by molar-refractivity contribution is 0.588. The Balaban J connectivity index is 1.90. The van der Waals surface area contributed by atoms with Gasteiger partial charge in [-0.3, -0.25) is 0 Å². The molecule has 1 aliphatic rings. The van der Waals surface area contributed by atoms with Crippen LogP contribution in [0.4, 0.5) is 5.69 Å². The Morgan fingerprint density at radius 1 is 1.00 bits per heavy atom. The minimum absolute atomic E-state index is 0.131. The molecule has 0 radical (unpaired) electrons. The van der Waals surface area contributed by atoms with Crippen LogP contribution in [0.25, 0.3) is 10.9 Å². The van der Waals surface area contributed by atoms with Crippen molar-refractivity contribution in [3.8, 4) is 0 Å². The number of rotatable bonds is 3. The van der Waals surface area contributed by atoms with Gasteiger partial charge >= 0.3 is 0 Å². The monoisotopic (exact) mass is 409 g/mol. The van der Waals surface area contributed by atoms with Crippen molar-refractivity contribution in [2.24, 2.45) is 0 Å². The van der Waals surface area contributed by atoms with E-state index in [9.17, 15) is 8.42 Å². The van der Waals surface area contributed by atoms with E-state index < -0.39 is 10.0 Å². The highest BCUT2D eigenvalue weighted by atomic mass is 35.5. The van der Waals surface area contributed by atoms with Gasteiger partial charge in [-0.2, -0.15) is 0 Å². The molecule has 1 aliphatic heterocycles. The van der Waals surface area contributed by atoms with Crippen LogP contribution in [0.3, 0.4) is 0 Å². The zero-order valence-electron chi connectivity index (χ0n) is 13.8. The molecule has 4 rings (SSSR count). The van der Waals surface area contributed by atoms with Gasteiger partial charge in [0.1, 0.15) is 0 Å². The van der Waals surface area contributed by atoms with Gasteiger partial charge in [0.2, 0.25) is 0 Å². The second kappa shape index (κ2) is 6.78. The number of piperazine rings is 1. The summed E-state index contributed by atoms with van der Waals surface area (Å²) in [5.41, 5.74) is 1.51. The number of fused-ring (bicyclic) bond motifs is 1. The average molecular weight is 410 g/mol. The molecule has 1 aromatic heterocycles. The molecule has 1 saturated heterocycles. The lowest BCUT2D eigenvalue weighted by atomic mass is 10.2. The van der Waals surface area contributed by atoms with Crippen LogP contribution >= 0.6 is 23.2 Å². The second-order valence-corrected chi connectivity index (χ2v) is 8.80. The highest BCUT2D eigenvalue weighted by Crippen LogP contribution is 2.36. The first-order valence-corrected chi connectivity index (χ1v) is 10.4. The Bertz CT molecular complexity index is 1070. The van der Waals surface area contributed by atoms with E-state index in [1.54, 1.807) is 18.2 Å². The smallest absolute Gasteiger partial charge is 0.268 e. The fourth-order valence-corrected chi connectivity index (χ4v) is 5.32. The van der Waals surface area contributed by atoms with Crippen LogP contribution in [0.1, 0.15) is 0 Å². The minimum atomic E-state index is -3.80. The average Bonchev–Trinajstić information content (AvgIpc) is 3.00. The summed E-state index contributed by atoms with van der Waals surface area (Å²) in [5, 5.41) is 4.85. The van der Waals surface area contributed by atoms with Crippen LogP contribution in [0.2, 0.25) is 10.0 Å².